The maximum absolute atomic E-state index is 11.9. The Bertz CT molecular complexity index is 373. The Labute approximate surface area is 77.5 Å². The molecule has 1 rings (SSSR count). The lowest BCUT2D eigenvalue weighted by molar-refractivity contribution is -0.0885. The molecule has 0 aliphatic carbocycles. The van der Waals surface area contributed by atoms with Gasteiger partial charge in [-0.25, -0.2) is 0 Å². The van der Waals surface area contributed by atoms with Gasteiger partial charge in [-0.15, -0.1) is 0 Å². The molecule has 6 heteroatoms. The van der Waals surface area contributed by atoms with E-state index in [1.807, 2.05) is 0 Å². The van der Waals surface area contributed by atoms with E-state index in [-0.39, 0.29) is 11.4 Å². The SMILES string of the molecule is Nc1ccc(C(=O)C(F)(F)F)cc1N. The monoisotopic (exact) mass is 204 g/mol. The molecule has 0 amide bonds. The van der Waals surface area contributed by atoms with Crippen LogP contribution in [0.4, 0.5) is 24.5 Å². The number of hydrogen-bond donors (Lipinski definition) is 2. The zero-order valence-corrected chi connectivity index (χ0v) is 6.93. The maximum Gasteiger partial charge on any atom is 0.454 e. The van der Waals surface area contributed by atoms with E-state index in [1.54, 1.807) is 0 Å². The summed E-state index contributed by atoms with van der Waals surface area (Å²) in [6, 6.07) is 3.06. The van der Waals surface area contributed by atoms with E-state index in [4.69, 9.17) is 11.5 Å². The quantitative estimate of drug-likeness (QED) is 0.539. The molecule has 76 valence electrons. The molecule has 0 aromatic heterocycles. The van der Waals surface area contributed by atoms with Crippen molar-refractivity contribution < 1.29 is 18.0 Å². The van der Waals surface area contributed by atoms with E-state index in [2.05, 4.69) is 0 Å². The first-order valence-corrected chi connectivity index (χ1v) is 3.59. The summed E-state index contributed by atoms with van der Waals surface area (Å²) in [5.41, 5.74) is 10.1. The summed E-state index contributed by atoms with van der Waals surface area (Å²) in [5, 5.41) is 0. The van der Waals surface area contributed by atoms with Gasteiger partial charge in [-0.2, -0.15) is 13.2 Å². The number of anilines is 2. The van der Waals surface area contributed by atoms with E-state index in [0.717, 1.165) is 18.2 Å². The Morgan fingerprint density at radius 1 is 1.14 bits per heavy atom. The van der Waals surface area contributed by atoms with Crippen molar-refractivity contribution in [1.82, 2.24) is 0 Å². The number of alkyl halides is 3. The highest BCUT2D eigenvalue weighted by molar-refractivity contribution is 6.01. The van der Waals surface area contributed by atoms with Crippen LogP contribution in [0.25, 0.3) is 0 Å². The van der Waals surface area contributed by atoms with Gasteiger partial charge in [0.15, 0.2) is 0 Å². The second kappa shape index (κ2) is 3.21. The van der Waals surface area contributed by atoms with Gasteiger partial charge in [0.1, 0.15) is 0 Å². The number of Topliss-reactive ketones (excluding diaryl/α,β-unsaturated/α-hetero) is 1. The Balaban J connectivity index is 3.10. The molecule has 0 saturated carbocycles. The molecule has 0 saturated heterocycles. The van der Waals surface area contributed by atoms with Crippen molar-refractivity contribution in [2.45, 2.75) is 6.18 Å². The fourth-order valence-electron chi connectivity index (χ4n) is 0.880. The minimum atomic E-state index is -4.89. The molecule has 0 spiro atoms. The van der Waals surface area contributed by atoms with Crippen molar-refractivity contribution in [3.05, 3.63) is 23.8 Å². The molecular weight excluding hydrogens is 197 g/mol. The predicted octanol–water partition coefficient (Wildman–Crippen LogP) is 1.60. The highest BCUT2D eigenvalue weighted by atomic mass is 19.4. The van der Waals surface area contributed by atoms with Crippen molar-refractivity contribution in [2.75, 3.05) is 11.5 Å². The van der Waals surface area contributed by atoms with Crippen LogP contribution < -0.4 is 11.5 Å². The molecule has 1 aromatic rings. The molecule has 14 heavy (non-hydrogen) atoms. The van der Waals surface area contributed by atoms with Crippen molar-refractivity contribution in [2.24, 2.45) is 0 Å². The number of nitrogens with two attached hydrogens (primary N) is 2. The Hall–Kier alpha value is -1.72. The normalized spacial score (nSPS) is 11.4. The third-order valence-electron chi connectivity index (χ3n) is 1.61. The number of benzene rings is 1. The van der Waals surface area contributed by atoms with Crippen molar-refractivity contribution in [3.63, 3.8) is 0 Å². The number of nitrogen functional groups attached to an aromatic ring is 2. The second-order valence-electron chi connectivity index (χ2n) is 2.67. The largest absolute Gasteiger partial charge is 0.454 e. The van der Waals surface area contributed by atoms with Gasteiger partial charge in [0.2, 0.25) is 0 Å². The molecule has 0 aliphatic rings. The average molecular weight is 204 g/mol. The fourth-order valence-corrected chi connectivity index (χ4v) is 0.880. The molecule has 0 unspecified atom stereocenters. The van der Waals surface area contributed by atoms with Crippen LogP contribution in [0.3, 0.4) is 0 Å². The molecule has 1 aromatic carbocycles. The third-order valence-corrected chi connectivity index (χ3v) is 1.61. The van der Waals surface area contributed by atoms with Crippen LogP contribution in [0.1, 0.15) is 10.4 Å². The first kappa shape index (κ1) is 10.4. The number of hydrogen-bond acceptors (Lipinski definition) is 3. The third kappa shape index (κ3) is 1.95. The van der Waals surface area contributed by atoms with Crippen LogP contribution in [0.15, 0.2) is 18.2 Å². The standard InChI is InChI=1S/C8H7F3N2O/c9-8(10,11)7(14)4-1-2-5(12)6(13)3-4/h1-3H,12-13H2. The molecule has 0 heterocycles. The van der Waals surface area contributed by atoms with Gasteiger partial charge >= 0.3 is 6.18 Å². The van der Waals surface area contributed by atoms with Crippen LogP contribution in [-0.4, -0.2) is 12.0 Å². The summed E-state index contributed by atoms with van der Waals surface area (Å²) >= 11 is 0. The van der Waals surface area contributed by atoms with Gasteiger partial charge in [0.25, 0.3) is 5.78 Å². The zero-order chi connectivity index (χ0) is 10.9. The van der Waals surface area contributed by atoms with Crippen LogP contribution in [0, 0.1) is 0 Å². The number of halogens is 3. The van der Waals surface area contributed by atoms with Gasteiger partial charge in [-0.3, -0.25) is 4.79 Å². The number of carbonyl (C=O) groups excluding carboxylic acids is 1. The molecular formula is C8H7F3N2O. The molecule has 3 nitrogen and oxygen atoms in total. The van der Waals surface area contributed by atoms with Gasteiger partial charge < -0.3 is 11.5 Å². The van der Waals surface area contributed by atoms with Gasteiger partial charge in [0, 0.05) is 5.56 Å². The minimum absolute atomic E-state index is 0.0416. The lowest BCUT2D eigenvalue weighted by atomic mass is 10.1. The number of ketones is 1. The van der Waals surface area contributed by atoms with Crippen LogP contribution >= 0.6 is 0 Å². The summed E-state index contributed by atoms with van der Waals surface area (Å²) in [6.45, 7) is 0. The van der Waals surface area contributed by atoms with Crippen LogP contribution in [-0.2, 0) is 0 Å². The smallest absolute Gasteiger partial charge is 0.397 e. The van der Waals surface area contributed by atoms with E-state index in [0.29, 0.717) is 0 Å². The summed E-state index contributed by atoms with van der Waals surface area (Å²) in [7, 11) is 0. The summed E-state index contributed by atoms with van der Waals surface area (Å²) in [4.78, 5) is 10.7. The van der Waals surface area contributed by atoms with Crippen molar-refractivity contribution in [3.8, 4) is 0 Å². The summed E-state index contributed by atoms with van der Waals surface area (Å²) < 4.78 is 35.8. The Morgan fingerprint density at radius 2 is 1.71 bits per heavy atom. The lowest BCUT2D eigenvalue weighted by Crippen LogP contribution is -2.22. The minimum Gasteiger partial charge on any atom is -0.397 e. The molecule has 4 N–H and O–H groups in total. The fraction of sp³-hybridized carbons (Fsp3) is 0.125. The lowest BCUT2D eigenvalue weighted by Gasteiger charge is -2.06. The van der Waals surface area contributed by atoms with Gasteiger partial charge in [-0.1, -0.05) is 0 Å². The first-order chi connectivity index (χ1) is 6.32. The number of rotatable bonds is 1. The average Bonchev–Trinajstić information content (AvgIpc) is 2.07. The van der Waals surface area contributed by atoms with Crippen LogP contribution in [0.2, 0.25) is 0 Å². The zero-order valence-electron chi connectivity index (χ0n) is 6.93. The molecule has 0 aliphatic heterocycles. The Morgan fingerprint density at radius 3 is 2.14 bits per heavy atom. The highest BCUT2D eigenvalue weighted by Gasteiger charge is 2.39. The molecule has 0 atom stereocenters. The highest BCUT2D eigenvalue weighted by Crippen LogP contribution is 2.24. The van der Waals surface area contributed by atoms with E-state index >= 15 is 0 Å². The first-order valence-electron chi connectivity index (χ1n) is 3.59. The maximum atomic E-state index is 11.9. The van der Waals surface area contributed by atoms with Gasteiger partial charge in [-0.05, 0) is 18.2 Å². The van der Waals surface area contributed by atoms with Crippen molar-refractivity contribution >= 4 is 17.2 Å². The van der Waals surface area contributed by atoms with E-state index in [9.17, 15) is 18.0 Å². The number of carbonyl (C=O) groups is 1. The summed E-state index contributed by atoms with van der Waals surface area (Å²) in [6.07, 6.45) is -4.89. The predicted molar refractivity (Wildman–Crippen MR) is 45.7 cm³/mol. The molecule has 0 bridgehead atoms. The van der Waals surface area contributed by atoms with Gasteiger partial charge in [0.05, 0.1) is 11.4 Å². The molecule has 0 radical (unpaired) electrons. The van der Waals surface area contributed by atoms with Crippen LogP contribution in [0.5, 0.6) is 0 Å². The van der Waals surface area contributed by atoms with E-state index < -0.39 is 17.5 Å². The van der Waals surface area contributed by atoms with Crippen molar-refractivity contribution in [1.29, 1.82) is 0 Å². The Kier molecular flexibility index (Phi) is 2.37. The summed E-state index contributed by atoms with van der Waals surface area (Å²) in [5.74, 6) is -1.93. The van der Waals surface area contributed by atoms with E-state index in [1.165, 1.54) is 0 Å². The molecule has 0 fully saturated rings. The topological polar surface area (TPSA) is 69.1 Å². The second-order valence-corrected chi connectivity index (χ2v) is 2.67.